The second kappa shape index (κ2) is 12.9. The van der Waals surface area contributed by atoms with Gasteiger partial charge >= 0.3 is 0 Å². The quantitative estimate of drug-likeness (QED) is 0.784. The van der Waals surface area contributed by atoms with Crippen LogP contribution >= 0.6 is 0 Å². The first kappa shape index (κ1) is 21.4. The van der Waals surface area contributed by atoms with Gasteiger partial charge in [0.15, 0.2) is 0 Å². The molecule has 2 saturated heterocycles. The lowest BCUT2D eigenvalue weighted by Crippen LogP contribution is -2.41. The number of amides is 1. The van der Waals surface area contributed by atoms with Crippen LogP contribution in [-0.4, -0.2) is 73.5 Å². The molecule has 0 spiro atoms. The minimum absolute atomic E-state index is 0.241. The summed E-state index contributed by atoms with van der Waals surface area (Å²) in [5.74, 6) is 1.04. The summed E-state index contributed by atoms with van der Waals surface area (Å²) in [5, 5.41) is 0. The zero-order valence-electron chi connectivity index (χ0n) is 15.9. The molecule has 1 amide bonds. The van der Waals surface area contributed by atoms with E-state index in [4.69, 9.17) is 0 Å². The van der Waals surface area contributed by atoms with Gasteiger partial charge in [-0.2, -0.15) is 0 Å². The molecule has 2 aliphatic heterocycles. The van der Waals surface area contributed by atoms with E-state index in [1.807, 2.05) is 32.6 Å². The van der Waals surface area contributed by atoms with Gasteiger partial charge in [0.25, 0.3) is 0 Å². The number of rotatable bonds is 2. The number of carbonyl (C=O) groups excluding carboxylic acids is 1. The number of hydrogen-bond donors (Lipinski definition) is 0. The molecule has 4 heteroatoms. The third-order valence-corrected chi connectivity index (χ3v) is 4.39. The van der Waals surface area contributed by atoms with E-state index in [1.54, 1.807) is 6.92 Å². The Hall–Kier alpha value is -0.610. The zero-order valence-corrected chi connectivity index (χ0v) is 15.9. The van der Waals surface area contributed by atoms with Gasteiger partial charge in [-0.25, -0.2) is 0 Å². The molecule has 0 bridgehead atoms. The first-order valence-electron chi connectivity index (χ1n) is 9.31. The van der Waals surface area contributed by atoms with E-state index in [9.17, 15) is 4.79 Å². The van der Waals surface area contributed by atoms with E-state index in [2.05, 4.69) is 16.8 Å². The van der Waals surface area contributed by atoms with E-state index in [1.165, 1.54) is 52.0 Å². The van der Waals surface area contributed by atoms with Gasteiger partial charge in [0.2, 0.25) is 5.91 Å². The number of piperidine rings is 1. The predicted molar refractivity (Wildman–Crippen MR) is 96.2 cm³/mol. The van der Waals surface area contributed by atoms with Crippen molar-refractivity contribution in [3.63, 3.8) is 0 Å². The molecule has 2 aliphatic rings. The number of carbonyl (C=O) groups is 1. The molecule has 0 saturated carbocycles. The Kier molecular flexibility index (Phi) is 12.5. The van der Waals surface area contributed by atoms with Crippen LogP contribution in [0.5, 0.6) is 0 Å². The fourth-order valence-electron chi connectivity index (χ4n) is 3.08. The molecule has 132 valence electrons. The van der Waals surface area contributed by atoms with Crippen LogP contribution in [0.2, 0.25) is 0 Å². The van der Waals surface area contributed by atoms with E-state index in [-0.39, 0.29) is 5.91 Å². The van der Waals surface area contributed by atoms with Crippen LogP contribution in [-0.2, 0) is 4.79 Å². The highest BCUT2D eigenvalue weighted by Gasteiger charge is 2.23. The molecule has 0 N–H and O–H groups in total. The fraction of sp³-hybridized carbons (Fsp3) is 0.944. The van der Waals surface area contributed by atoms with E-state index in [0.29, 0.717) is 0 Å². The van der Waals surface area contributed by atoms with Crippen molar-refractivity contribution in [3.05, 3.63) is 0 Å². The smallest absolute Gasteiger partial charge is 0.219 e. The van der Waals surface area contributed by atoms with E-state index < -0.39 is 0 Å². The summed E-state index contributed by atoms with van der Waals surface area (Å²) in [6, 6.07) is 0. The second-order valence-corrected chi connectivity index (χ2v) is 5.91. The summed E-state index contributed by atoms with van der Waals surface area (Å²) in [6.07, 6.45) is 3.67. The Morgan fingerprint density at radius 3 is 2.05 bits per heavy atom. The van der Waals surface area contributed by atoms with Gasteiger partial charge in [0, 0.05) is 39.6 Å². The molecule has 2 rings (SSSR count). The first-order chi connectivity index (χ1) is 10.6. The van der Waals surface area contributed by atoms with Crippen molar-refractivity contribution in [1.29, 1.82) is 0 Å². The second-order valence-electron chi connectivity index (χ2n) is 5.91. The van der Waals surface area contributed by atoms with Crippen LogP contribution in [0.15, 0.2) is 0 Å². The summed E-state index contributed by atoms with van der Waals surface area (Å²) in [5.41, 5.74) is 0. The first-order valence-corrected chi connectivity index (χ1v) is 9.31. The van der Waals surface area contributed by atoms with Crippen molar-refractivity contribution in [2.45, 2.75) is 53.9 Å². The molecule has 2 fully saturated rings. The molecular weight excluding hydrogens is 274 g/mol. The monoisotopic (exact) mass is 313 g/mol. The number of hydrogen-bond acceptors (Lipinski definition) is 3. The summed E-state index contributed by atoms with van der Waals surface area (Å²) in [4.78, 5) is 18.3. The van der Waals surface area contributed by atoms with Crippen LogP contribution in [0.25, 0.3) is 0 Å². The van der Waals surface area contributed by atoms with Crippen LogP contribution in [0, 0.1) is 5.92 Å². The highest BCUT2D eigenvalue weighted by Crippen LogP contribution is 2.19. The molecule has 0 aliphatic carbocycles. The summed E-state index contributed by atoms with van der Waals surface area (Å²) in [6.45, 7) is 17.7. The molecular formula is C18H39N3O. The Balaban J connectivity index is 0.00000102. The Morgan fingerprint density at radius 2 is 1.50 bits per heavy atom. The van der Waals surface area contributed by atoms with Gasteiger partial charge in [0.1, 0.15) is 0 Å². The maximum atomic E-state index is 11.3. The van der Waals surface area contributed by atoms with E-state index >= 15 is 0 Å². The van der Waals surface area contributed by atoms with Crippen LogP contribution in [0.4, 0.5) is 0 Å². The summed E-state index contributed by atoms with van der Waals surface area (Å²) < 4.78 is 0. The maximum Gasteiger partial charge on any atom is 0.219 e. The molecule has 0 radical (unpaired) electrons. The van der Waals surface area contributed by atoms with Crippen molar-refractivity contribution < 1.29 is 4.79 Å². The van der Waals surface area contributed by atoms with Gasteiger partial charge in [-0.05, 0) is 45.3 Å². The van der Waals surface area contributed by atoms with Crippen LogP contribution < -0.4 is 0 Å². The lowest BCUT2D eigenvalue weighted by molar-refractivity contribution is -0.130. The number of likely N-dealkylation sites (N-methyl/N-ethyl adjacent to an activating group) is 1. The molecule has 0 atom stereocenters. The lowest BCUT2D eigenvalue weighted by atomic mass is 9.96. The molecule has 22 heavy (non-hydrogen) atoms. The summed E-state index contributed by atoms with van der Waals surface area (Å²) in [7, 11) is 2.22. The largest absolute Gasteiger partial charge is 0.343 e. The van der Waals surface area contributed by atoms with Crippen LogP contribution in [0.1, 0.15) is 53.9 Å². The van der Waals surface area contributed by atoms with Gasteiger partial charge < -0.3 is 14.7 Å². The summed E-state index contributed by atoms with van der Waals surface area (Å²) >= 11 is 0. The Bertz CT molecular complexity index is 276. The topological polar surface area (TPSA) is 26.8 Å². The van der Waals surface area contributed by atoms with Gasteiger partial charge in [0.05, 0.1) is 0 Å². The highest BCUT2D eigenvalue weighted by molar-refractivity contribution is 5.73. The van der Waals surface area contributed by atoms with Gasteiger partial charge in [-0.3, -0.25) is 4.79 Å². The SMILES string of the molecule is CC.CC.CC(=O)N1CCC(CN2CCCN(C)CC2)CC1. The normalized spacial score (nSPS) is 21.1. The van der Waals surface area contributed by atoms with Crippen molar-refractivity contribution in [3.8, 4) is 0 Å². The van der Waals surface area contributed by atoms with Gasteiger partial charge in [-0.1, -0.05) is 27.7 Å². The molecule has 2 heterocycles. The third-order valence-electron chi connectivity index (χ3n) is 4.39. The Morgan fingerprint density at radius 1 is 0.909 bits per heavy atom. The Labute approximate surface area is 138 Å². The molecule has 0 aromatic rings. The fourth-order valence-corrected chi connectivity index (χ4v) is 3.08. The zero-order chi connectivity index (χ0) is 17.0. The van der Waals surface area contributed by atoms with Crippen LogP contribution in [0.3, 0.4) is 0 Å². The van der Waals surface area contributed by atoms with Crippen molar-refractivity contribution >= 4 is 5.91 Å². The molecule has 0 unspecified atom stereocenters. The minimum Gasteiger partial charge on any atom is -0.343 e. The number of likely N-dealkylation sites (tertiary alicyclic amines) is 1. The average Bonchev–Trinajstić information content (AvgIpc) is 2.76. The van der Waals surface area contributed by atoms with Crippen molar-refractivity contribution in [1.82, 2.24) is 14.7 Å². The molecule has 0 aromatic heterocycles. The number of nitrogens with zero attached hydrogens (tertiary/aromatic N) is 3. The van der Waals surface area contributed by atoms with Gasteiger partial charge in [-0.15, -0.1) is 0 Å². The standard InChI is InChI=1S/C14H27N3O.2C2H6/c1-13(18)17-8-4-14(5-9-17)12-16-7-3-6-15(2)10-11-16;2*1-2/h14H,3-12H2,1-2H3;2*1-2H3. The lowest BCUT2D eigenvalue weighted by Gasteiger charge is -2.34. The molecule has 4 nitrogen and oxygen atoms in total. The molecule has 0 aromatic carbocycles. The minimum atomic E-state index is 0.241. The maximum absolute atomic E-state index is 11.3. The van der Waals surface area contributed by atoms with Crippen molar-refractivity contribution in [2.24, 2.45) is 5.92 Å². The van der Waals surface area contributed by atoms with E-state index in [0.717, 1.165) is 19.0 Å². The highest BCUT2D eigenvalue weighted by atomic mass is 16.2. The predicted octanol–water partition coefficient (Wildman–Crippen LogP) is 2.93. The van der Waals surface area contributed by atoms with Crippen molar-refractivity contribution in [2.75, 3.05) is 52.9 Å². The third kappa shape index (κ3) is 8.14. The average molecular weight is 314 g/mol.